The number of hydrogen-bond donors (Lipinski definition) is 1. The van der Waals surface area contributed by atoms with Crippen LogP contribution >= 0.6 is 0 Å². The first kappa shape index (κ1) is 12.9. The number of rotatable bonds is 2. The molecular formula is C15H24N4. The molecule has 1 atom stereocenters. The van der Waals surface area contributed by atoms with Crippen molar-refractivity contribution in [2.45, 2.75) is 57.4 Å². The summed E-state index contributed by atoms with van der Waals surface area (Å²) in [5.41, 5.74) is 8.63. The molecule has 1 aliphatic carbocycles. The molecule has 0 radical (unpaired) electrons. The topological polar surface area (TPSA) is 55.0 Å². The van der Waals surface area contributed by atoms with Gasteiger partial charge in [-0.2, -0.15) is 0 Å². The Balaban J connectivity index is 1.96. The molecule has 0 saturated carbocycles. The number of aromatic nitrogens is 2. The number of nitrogens with two attached hydrogens (primary N) is 1. The SMILES string of the molecule is CC1(C)CCCc2cnc(N3CCCC3CN)nc21. The number of nitrogens with zero attached hydrogens (tertiary/aromatic N) is 3. The Hall–Kier alpha value is -1.16. The Kier molecular flexibility index (Phi) is 3.21. The van der Waals surface area contributed by atoms with E-state index in [2.05, 4.69) is 23.7 Å². The number of hydrogen-bond acceptors (Lipinski definition) is 4. The molecule has 4 heteroatoms. The van der Waals surface area contributed by atoms with Gasteiger partial charge in [-0.3, -0.25) is 0 Å². The van der Waals surface area contributed by atoms with Gasteiger partial charge in [0, 0.05) is 30.7 Å². The van der Waals surface area contributed by atoms with Gasteiger partial charge in [-0.05, 0) is 37.7 Å². The standard InChI is InChI=1S/C15H24N4/c1-15(2)7-3-5-11-10-17-14(18-13(11)15)19-8-4-6-12(19)9-16/h10,12H,3-9,16H2,1-2H3. The zero-order valence-electron chi connectivity index (χ0n) is 12.0. The smallest absolute Gasteiger partial charge is 0.225 e. The van der Waals surface area contributed by atoms with Crippen molar-refractivity contribution < 1.29 is 0 Å². The predicted octanol–water partition coefficient (Wildman–Crippen LogP) is 2.02. The molecule has 1 aromatic rings. The summed E-state index contributed by atoms with van der Waals surface area (Å²) in [5.74, 6) is 0.890. The fourth-order valence-corrected chi connectivity index (χ4v) is 3.49. The molecule has 2 N–H and O–H groups in total. The first-order valence-electron chi connectivity index (χ1n) is 7.45. The highest BCUT2D eigenvalue weighted by Gasteiger charge is 2.32. The molecule has 19 heavy (non-hydrogen) atoms. The third-order valence-corrected chi connectivity index (χ3v) is 4.65. The second kappa shape index (κ2) is 4.75. The third-order valence-electron chi connectivity index (χ3n) is 4.65. The quantitative estimate of drug-likeness (QED) is 0.884. The third kappa shape index (κ3) is 2.22. The number of aryl methyl sites for hydroxylation is 1. The van der Waals surface area contributed by atoms with Crippen molar-refractivity contribution in [2.24, 2.45) is 5.73 Å². The summed E-state index contributed by atoms with van der Waals surface area (Å²) in [6.45, 7) is 6.34. The van der Waals surface area contributed by atoms with Crippen LogP contribution in [0.3, 0.4) is 0 Å². The lowest BCUT2D eigenvalue weighted by Gasteiger charge is -2.32. The molecule has 3 rings (SSSR count). The Labute approximate surface area is 115 Å². The van der Waals surface area contributed by atoms with E-state index in [4.69, 9.17) is 10.7 Å². The largest absolute Gasteiger partial charge is 0.337 e. The lowest BCUT2D eigenvalue weighted by Crippen LogP contribution is -2.37. The molecule has 1 unspecified atom stereocenters. The van der Waals surface area contributed by atoms with Crippen LogP contribution < -0.4 is 10.6 Å². The Bertz CT molecular complexity index is 469. The number of fused-ring (bicyclic) bond motifs is 1. The van der Waals surface area contributed by atoms with Crippen LogP contribution in [0, 0.1) is 0 Å². The van der Waals surface area contributed by atoms with Crippen LogP contribution in [0.4, 0.5) is 5.95 Å². The zero-order chi connectivity index (χ0) is 13.5. The Morgan fingerprint density at radius 2 is 2.26 bits per heavy atom. The highest BCUT2D eigenvalue weighted by atomic mass is 15.3. The van der Waals surface area contributed by atoms with E-state index in [1.165, 1.54) is 36.9 Å². The monoisotopic (exact) mass is 260 g/mol. The van der Waals surface area contributed by atoms with Crippen molar-refractivity contribution in [1.82, 2.24) is 9.97 Å². The van der Waals surface area contributed by atoms with Gasteiger partial charge in [0.2, 0.25) is 5.95 Å². The molecule has 2 heterocycles. The summed E-state index contributed by atoms with van der Waals surface area (Å²) >= 11 is 0. The van der Waals surface area contributed by atoms with Crippen molar-refractivity contribution >= 4 is 5.95 Å². The van der Waals surface area contributed by atoms with Crippen LogP contribution in [0.15, 0.2) is 6.20 Å². The van der Waals surface area contributed by atoms with Gasteiger partial charge in [0.1, 0.15) is 0 Å². The molecule has 1 saturated heterocycles. The van der Waals surface area contributed by atoms with E-state index in [1.807, 2.05) is 6.20 Å². The van der Waals surface area contributed by atoms with Gasteiger partial charge in [0.25, 0.3) is 0 Å². The van der Waals surface area contributed by atoms with Gasteiger partial charge in [-0.15, -0.1) is 0 Å². The molecule has 4 nitrogen and oxygen atoms in total. The lowest BCUT2D eigenvalue weighted by molar-refractivity contribution is 0.416. The van der Waals surface area contributed by atoms with Crippen molar-refractivity contribution in [3.8, 4) is 0 Å². The Morgan fingerprint density at radius 3 is 3.05 bits per heavy atom. The van der Waals surface area contributed by atoms with E-state index in [1.54, 1.807) is 0 Å². The Morgan fingerprint density at radius 1 is 1.42 bits per heavy atom. The highest BCUT2D eigenvalue weighted by molar-refractivity contribution is 5.39. The minimum absolute atomic E-state index is 0.184. The van der Waals surface area contributed by atoms with E-state index in [0.717, 1.165) is 18.9 Å². The summed E-state index contributed by atoms with van der Waals surface area (Å²) in [5, 5.41) is 0. The van der Waals surface area contributed by atoms with Crippen LogP contribution in [0.1, 0.15) is 50.8 Å². The minimum Gasteiger partial charge on any atom is -0.337 e. The van der Waals surface area contributed by atoms with Crippen molar-refractivity contribution in [3.05, 3.63) is 17.5 Å². The molecule has 0 amide bonds. The van der Waals surface area contributed by atoms with Crippen LogP contribution in [0.25, 0.3) is 0 Å². The molecule has 2 aliphatic rings. The van der Waals surface area contributed by atoms with Gasteiger partial charge in [0.15, 0.2) is 0 Å². The zero-order valence-corrected chi connectivity index (χ0v) is 12.0. The first-order chi connectivity index (χ1) is 9.12. The predicted molar refractivity (Wildman–Crippen MR) is 77.4 cm³/mol. The van der Waals surface area contributed by atoms with E-state index >= 15 is 0 Å². The molecular weight excluding hydrogens is 236 g/mol. The maximum Gasteiger partial charge on any atom is 0.225 e. The first-order valence-corrected chi connectivity index (χ1v) is 7.45. The molecule has 104 valence electrons. The molecule has 0 aromatic carbocycles. The number of anilines is 1. The minimum atomic E-state index is 0.184. The van der Waals surface area contributed by atoms with Gasteiger partial charge >= 0.3 is 0 Å². The van der Waals surface area contributed by atoms with Gasteiger partial charge in [-0.1, -0.05) is 13.8 Å². The van der Waals surface area contributed by atoms with Crippen molar-refractivity contribution in [2.75, 3.05) is 18.0 Å². The van der Waals surface area contributed by atoms with Gasteiger partial charge in [-0.25, -0.2) is 9.97 Å². The van der Waals surface area contributed by atoms with Crippen LogP contribution in [0.2, 0.25) is 0 Å². The highest BCUT2D eigenvalue weighted by Crippen LogP contribution is 2.36. The molecule has 0 bridgehead atoms. The average Bonchev–Trinajstić information content (AvgIpc) is 2.86. The normalized spacial score (nSPS) is 25.4. The molecule has 0 spiro atoms. The summed E-state index contributed by atoms with van der Waals surface area (Å²) in [4.78, 5) is 11.8. The lowest BCUT2D eigenvalue weighted by atomic mass is 9.76. The summed E-state index contributed by atoms with van der Waals surface area (Å²) in [6, 6.07) is 0.421. The van der Waals surface area contributed by atoms with E-state index < -0.39 is 0 Å². The van der Waals surface area contributed by atoms with Crippen LogP contribution in [0.5, 0.6) is 0 Å². The van der Waals surface area contributed by atoms with E-state index in [9.17, 15) is 0 Å². The van der Waals surface area contributed by atoms with Gasteiger partial charge < -0.3 is 10.6 Å². The van der Waals surface area contributed by atoms with E-state index in [0.29, 0.717) is 12.6 Å². The summed E-state index contributed by atoms with van der Waals surface area (Å²) in [6.07, 6.45) is 8.00. The van der Waals surface area contributed by atoms with Crippen LogP contribution in [-0.4, -0.2) is 29.1 Å². The van der Waals surface area contributed by atoms with Gasteiger partial charge in [0.05, 0.1) is 5.69 Å². The average molecular weight is 260 g/mol. The molecule has 1 aliphatic heterocycles. The van der Waals surface area contributed by atoms with E-state index in [-0.39, 0.29) is 5.41 Å². The van der Waals surface area contributed by atoms with Crippen molar-refractivity contribution in [1.29, 1.82) is 0 Å². The second-order valence-corrected chi connectivity index (χ2v) is 6.51. The fraction of sp³-hybridized carbons (Fsp3) is 0.733. The maximum atomic E-state index is 5.86. The van der Waals surface area contributed by atoms with Crippen LogP contribution in [-0.2, 0) is 11.8 Å². The summed E-state index contributed by atoms with van der Waals surface area (Å²) in [7, 11) is 0. The molecule has 1 fully saturated rings. The maximum absolute atomic E-state index is 5.86. The molecule has 1 aromatic heterocycles. The summed E-state index contributed by atoms with van der Waals surface area (Å²) < 4.78 is 0. The fourth-order valence-electron chi connectivity index (χ4n) is 3.49. The second-order valence-electron chi connectivity index (χ2n) is 6.51. The van der Waals surface area contributed by atoms with Crippen molar-refractivity contribution in [3.63, 3.8) is 0 Å².